The molecule has 1 rings (SSSR count). The minimum atomic E-state index is 1.04. The lowest BCUT2D eigenvalue weighted by Crippen LogP contribution is -2.17. The molecule has 0 nitrogen and oxygen atoms in total. The summed E-state index contributed by atoms with van der Waals surface area (Å²) in [6.07, 6.45) is 6.01. The molecule has 1 aliphatic carbocycles. The number of hydrogen-bond donors (Lipinski definition) is 0. The molecule has 0 bridgehead atoms. The highest BCUT2D eigenvalue weighted by molar-refractivity contribution is 7.99. The molecule has 0 aromatic rings. The molecule has 14 heavy (non-hydrogen) atoms. The van der Waals surface area contributed by atoms with Gasteiger partial charge in [-0.1, -0.05) is 13.8 Å². The van der Waals surface area contributed by atoms with E-state index in [1.165, 1.54) is 48.7 Å². The van der Waals surface area contributed by atoms with Crippen LogP contribution < -0.4 is 0 Å². The SMILES string of the molecule is CCSCC1CCC(CSCC)CC1. The van der Waals surface area contributed by atoms with Crippen molar-refractivity contribution in [2.75, 3.05) is 23.0 Å². The van der Waals surface area contributed by atoms with Gasteiger partial charge in [0.1, 0.15) is 0 Å². The second-order valence-corrected chi connectivity index (χ2v) is 6.84. The third-order valence-electron chi connectivity index (χ3n) is 3.08. The summed E-state index contributed by atoms with van der Waals surface area (Å²) < 4.78 is 0. The summed E-state index contributed by atoms with van der Waals surface area (Å²) >= 11 is 4.26. The first-order valence-corrected chi connectivity index (χ1v) is 8.33. The van der Waals surface area contributed by atoms with Gasteiger partial charge in [0.2, 0.25) is 0 Å². The van der Waals surface area contributed by atoms with E-state index < -0.39 is 0 Å². The molecule has 1 aliphatic rings. The molecule has 1 fully saturated rings. The third-order valence-corrected chi connectivity index (χ3v) is 5.31. The quantitative estimate of drug-likeness (QED) is 0.670. The average molecular weight is 232 g/mol. The largest absolute Gasteiger partial charge is 0.162 e. The Morgan fingerprint density at radius 1 is 0.786 bits per heavy atom. The summed E-state index contributed by atoms with van der Waals surface area (Å²) in [6, 6.07) is 0. The van der Waals surface area contributed by atoms with Crippen LogP contribution in [0.4, 0.5) is 0 Å². The lowest BCUT2D eigenvalue weighted by atomic mass is 9.84. The predicted octanol–water partition coefficient (Wildman–Crippen LogP) is 4.30. The molecule has 0 aromatic heterocycles. The summed E-state index contributed by atoms with van der Waals surface area (Å²) in [6.45, 7) is 4.54. The van der Waals surface area contributed by atoms with Crippen LogP contribution >= 0.6 is 23.5 Å². The molecule has 84 valence electrons. The van der Waals surface area contributed by atoms with Crippen molar-refractivity contribution < 1.29 is 0 Å². The molecule has 0 spiro atoms. The van der Waals surface area contributed by atoms with E-state index >= 15 is 0 Å². The van der Waals surface area contributed by atoms with Crippen LogP contribution in [0.3, 0.4) is 0 Å². The summed E-state index contributed by atoms with van der Waals surface area (Å²) in [7, 11) is 0. The molecule has 0 atom stereocenters. The van der Waals surface area contributed by atoms with Crippen molar-refractivity contribution in [1.82, 2.24) is 0 Å². The fraction of sp³-hybridized carbons (Fsp3) is 1.00. The summed E-state index contributed by atoms with van der Waals surface area (Å²) in [4.78, 5) is 0. The average Bonchev–Trinajstić information content (AvgIpc) is 2.25. The zero-order chi connectivity index (χ0) is 10.2. The molecule has 1 saturated carbocycles. The maximum absolute atomic E-state index is 2.27. The van der Waals surface area contributed by atoms with Crippen molar-refractivity contribution in [3.05, 3.63) is 0 Å². The van der Waals surface area contributed by atoms with Gasteiger partial charge in [-0.3, -0.25) is 0 Å². The second kappa shape index (κ2) is 7.92. The van der Waals surface area contributed by atoms with Crippen molar-refractivity contribution in [3.8, 4) is 0 Å². The molecule has 0 saturated heterocycles. The van der Waals surface area contributed by atoms with Gasteiger partial charge in [0.05, 0.1) is 0 Å². The van der Waals surface area contributed by atoms with Crippen LogP contribution in [0, 0.1) is 11.8 Å². The molecule has 0 radical (unpaired) electrons. The summed E-state index contributed by atoms with van der Waals surface area (Å²) in [5, 5.41) is 0. The van der Waals surface area contributed by atoms with Gasteiger partial charge in [-0.15, -0.1) is 0 Å². The van der Waals surface area contributed by atoms with E-state index in [1.807, 2.05) is 0 Å². The van der Waals surface area contributed by atoms with Crippen molar-refractivity contribution in [1.29, 1.82) is 0 Å². The van der Waals surface area contributed by atoms with E-state index in [0.717, 1.165) is 11.8 Å². The molecule has 0 aliphatic heterocycles. The van der Waals surface area contributed by atoms with Gasteiger partial charge < -0.3 is 0 Å². The number of rotatable bonds is 6. The molecule has 0 N–H and O–H groups in total. The Bertz CT molecular complexity index is 112. The minimum Gasteiger partial charge on any atom is -0.162 e. The number of thioether (sulfide) groups is 2. The van der Waals surface area contributed by atoms with Crippen LogP contribution in [0.5, 0.6) is 0 Å². The third kappa shape index (κ3) is 4.97. The predicted molar refractivity (Wildman–Crippen MR) is 71.4 cm³/mol. The van der Waals surface area contributed by atoms with Gasteiger partial charge in [-0.25, -0.2) is 0 Å². The van der Waals surface area contributed by atoms with Gasteiger partial charge in [-0.05, 0) is 60.5 Å². The first-order valence-electron chi connectivity index (χ1n) is 6.02. The maximum Gasteiger partial charge on any atom is -0.00392 e. The molecular weight excluding hydrogens is 208 g/mol. The molecule has 0 heterocycles. The van der Waals surface area contributed by atoms with Crippen LogP contribution in [0.25, 0.3) is 0 Å². The summed E-state index contributed by atoms with van der Waals surface area (Å²) in [5.41, 5.74) is 0. The monoisotopic (exact) mass is 232 g/mol. The highest BCUT2D eigenvalue weighted by Gasteiger charge is 2.20. The fourth-order valence-corrected chi connectivity index (χ4v) is 3.94. The van der Waals surface area contributed by atoms with Gasteiger partial charge in [0.15, 0.2) is 0 Å². The Morgan fingerprint density at radius 3 is 1.43 bits per heavy atom. The van der Waals surface area contributed by atoms with Gasteiger partial charge in [-0.2, -0.15) is 23.5 Å². The topological polar surface area (TPSA) is 0 Å². The maximum atomic E-state index is 2.27. The Hall–Kier alpha value is 0.700. The summed E-state index contributed by atoms with van der Waals surface area (Å²) in [5.74, 6) is 7.52. The molecule has 0 aromatic carbocycles. The van der Waals surface area contributed by atoms with Crippen LogP contribution in [0.2, 0.25) is 0 Å². The Labute approximate surface area is 98.0 Å². The van der Waals surface area contributed by atoms with Gasteiger partial charge in [0.25, 0.3) is 0 Å². The Balaban J connectivity index is 2.05. The standard InChI is InChI=1S/C12H24S2/c1-3-13-9-11-5-7-12(8-6-11)10-14-4-2/h11-12H,3-10H2,1-2H3. The van der Waals surface area contributed by atoms with Crippen LogP contribution in [-0.2, 0) is 0 Å². The Kier molecular flexibility index (Phi) is 7.23. The van der Waals surface area contributed by atoms with E-state index in [2.05, 4.69) is 37.4 Å². The zero-order valence-electron chi connectivity index (χ0n) is 9.63. The van der Waals surface area contributed by atoms with E-state index in [1.54, 1.807) is 0 Å². The van der Waals surface area contributed by atoms with Gasteiger partial charge >= 0.3 is 0 Å². The van der Waals surface area contributed by atoms with E-state index in [4.69, 9.17) is 0 Å². The first-order chi connectivity index (χ1) is 6.86. The highest BCUT2D eigenvalue weighted by Crippen LogP contribution is 2.32. The van der Waals surface area contributed by atoms with E-state index in [-0.39, 0.29) is 0 Å². The van der Waals surface area contributed by atoms with Crippen LogP contribution in [0.15, 0.2) is 0 Å². The smallest absolute Gasteiger partial charge is 0.00392 e. The Morgan fingerprint density at radius 2 is 1.14 bits per heavy atom. The normalized spacial score (nSPS) is 27.9. The zero-order valence-corrected chi connectivity index (χ0v) is 11.3. The second-order valence-electron chi connectivity index (χ2n) is 4.21. The van der Waals surface area contributed by atoms with Crippen LogP contribution in [-0.4, -0.2) is 23.0 Å². The van der Waals surface area contributed by atoms with E-state index in [9.17, 15) is 0 Å². The van der Waals surface area contributed by atoms with Gasteiger partial charge in [0, 0.05) is 0 Å². The highest BCUT2D eigenvalue weighted by atomic mass is 32.2. The first kappa shape index (κ1) is 12.8. The minimum absolute atomic E-state index is 1.04. The van der Waals surface area contributed by atoms with Crippen molar-refractivity contribution in [3.63, 3.8) is 0 Å². The number of hydrogen-bond acceptors (Lipinski definition) is 2. The van der Waals surface area contributed by atoms with Crippen molar-refractivity contribution in [2.45, 2.75) is 39.5 Å². The molecule has 0 amide bonds. The van der Waals surface area contributed by atoms with Crippen molar-refractivity contribution in [2.24, 2.45) is 11.8 Å². The van der Waals surface area contributed by atoms with E-state index in [0.29, 0.717) is 0 Å². The lowest BCUT2D eigenvalue weighted by Gasteiger charge is -2.27. The molecule has 2 heteroatoms. The van der Waals surface area contributed by atoms with Crippen molar-refractivity contribution >= 4 is 23.5 Å². The lowest BCUT2D eigenvalue weighted by molar-refractivity contribution is 0.315. The molecular formula is C12H24S2. The van der Waals surface area contributed by atoms with Crippen LogP contribution in [0.1, 0.15) is 39.5 Å². The fourth-order valence-electron chi connectivity index (χ4n) is 2.13. The molecule has 0 unspecified atom stereocenters.